The average molecular weight is 386 g/mol. The van der Waals surface area contributed by atoms with Gasteiger partial charge in [0.15, 0.2) is 6.61 Å². The minimum Gasteiger partial charge on any atom is -0.482 e. The number of nitrogens with zero attached hydrogens (tertiary/aromatic N) is 1. The molecule has 1 aliphatic heterocycles. The molecular formula is C24H22N2O3. The van der Waals surface area contributed by atoms with Gasteiger partial charge in [-0.1, -0.05) is 60.7 Å². The molecule has 5 nitrogen and oxygen atoms in total. The molecule has 2 amide bonds. The number of nitrogens with one attached hydrogen (secondary N) is 1. The Morgan fingerprint density at radius 3 is 2.34 bits per heavy atom. The normalized spacial score (nSPS) is 12.8. The van der Waals surface area contributed by atoms with Crippen LogP contribution in [0.4, 0.5) is 11.4 Å². The fourth-order valence-electron chi connectivity index (χ4n) is 3.40. The van der Waals surface area contributed by atoms with E-state index in [2.05, 4.69) is 5.32 Å². The summed E-state index contributed by atoms with van der Waals surface area (Å²) in [7, 11) is 0. The Hall–Kier alpha value is -3.60. The first-order valence-electron chi connectivity index (χ1n) is 9.64. The molecule has 0 spiro atoms. The second-order valence-electron chi connectivity index (χ2n) is 6.96. The van der Waals surface area contributed by atoms with Crippen molar-refractivity contribution in [3.05, 3.63) is 90.0 Å². The molecule has 29 heavy (non-hydrogen) atoms. The third kappa shape index (κ3) is 4.63. The van der Waals surface area contributed by atoms with Crippen molar-refractivity contribution in [2.45, 2.75) is 12.8 Å². The molecule has 1 heterocycles. The Bertz CT molecular complexity index is 1000. The second kappa shape index (κ2) is 8.61. The molecule has 3 aromatic carbocycles. The van der Waals surface area contributed by atoms with E-state index in [1.807, 2.05) is 60.7 Å². The maximum atomic E-state index is 12.5. The monoisotopic (exact) mass is 386 g/mol. The minimum absolute atomic E-state index is 0.0293. The largest absolute Gasteiger partial charge is 0.482 e. The summed E-state index contributed by atoms with van der Waals surface area (Å²) in [6.45, 7) is 0.585. The van der Waals surface area contributed by atoms with Crippen molar-refractivity contribution in [1.82, 2.24) is 0 Å². The van der Waals surface area contributed by atoms with Crippen LogP contribution in [0.1, 0.15) is 11.1 Å². The van der Waals surface area contributed by atoms with E-state index in [4.69, 9.17) is 4.74 Å². The van der Waals surface area contributed by atoms with Gasteiger partial charge in [0.05, 0.1) is 12.1 Å². The molecule has 3 aromatic rings. The molecule has 0 radical (unpaired) electrons. The Labute approximate surface area is 169 Å². The summed E-state index contributed by atoms with van der Waals surface area (Å²) in [5.41, 5.74) is 3.45. The number of fused-ring (bicyclic) bond motifs is 1. The first-order chi connectivity index (χ1) is 14.2. The number of hydrogen-bond acceptors (Lipinski definition) is 3. The van der Waals surface area contributed by atoms with E-state index in [1.165, 1.54) is 5.56 Å². The number of anilines is 2. The van der Waals surface area contributed by atoms with Gasteiger partial charge >= 0.3 is 0 Å². The number of amides is 2. The molecular weight excluding hydrogens is 364 g/mol. The summed E-state index contributed by atoms with van der Waals surface area (Å²) in [6.07, 6.45) is 1.04. The van der Waals surface area contributed by atoms with Gasteiger partial charge in [0.25, 0.3) is 5.91 Å². The number of benzene rings is 3. The zero-order valence-electron chi connectivity index (χ0n) is 16.0. The van der Waals surface area contributed by atoms with Crippen molar-refractivity contribution in [3.8, 4) is 5.75 Å². The topological polar surface area (TPSA) is 58.6 Å². The van der Waals surface area contributed by atoms with Gasteiger partial charge < -0.3 is 15.0 Å². The maximum Gasteiger partial charge on any atom is 0.265 e. The van der Waals surface area contributed by atoms with Crippen LogP contribution in [0, 0.1) is 0 Å². The lowest BCUT2D eigenvalue weighted by Gasteiger charge is -2.30. The minimum atomic E-state index is -0.102. The molecule has 146 valence electrons. The maximum absolute atomic E-state index is 12.5. The number of rotatable bonds is 6. The molecule has 0 aromatic heterocycles. The van der Waals surface area contributed by atoms with Crippen molar-refractivity contribution in [2.75, 3.05) is 23.4 Å². The zero-order valence-corrected chi connectivity index (χ0v) is 16.0. The highest BCUT2D eigenvalue weighted by Crippen LogP contribution is 2.34. The van der Waals surface area contributed by atoms with Crippen LogP contribution in [0.2, 0.25) is 0 Å². The molecule has 1 aliphatic rings. The van der Waals surface area contributed by atoms with E-state index in [0.29, 0.717) is 30.1 Å². The fraction of sp³-hybridized carbons (Fsp3) is 0.167. The first kappa shape index (κ1) is 18.7. The van der Waals surface area contributed by atoms with Crippen LogP contribution in [-0.4, -0.2) is 25.0 Å². The van der Waals surface area contributed by atoms with Crippen LogP contribution in [-0.2, 0) is 22.4 Å². The smallest absolute Gasteiger partial charge is 0.265 e. The van der Waals surface area contributed by atoms with Crippen LogP contribution >= 0.6 is 0 Å². The highest BCUT2D eigenvalue weighted by atomic mass is 16.5. The lowest BCUT2D eigenvalue weighted by atomic mass is 10.1. The number of ether oxygens (including phenoxy) is 1. The van der Waals surface area contributed by atoms with Crippen molar-refractivity contribution >= 4 is 23.2 Å². The molecule has 1 N–H and O–H groups in total. The van der Waals surface area contributed by atoms with Gasteiger partial charge in [-0.25, -0.2) is 0 Å². The van der Waals surface area contributed by atoms with Gasteiger partial charge in [-0.2, -0.15) is 0 Å². The molecule has 4 rings (SSSR count). The van der Waals surface area contributed by atoms with E-state index in [0.717, 1.165) is 12.0 Å². The second-order valence-corrected chi connectivity index (χ2v) is 6.96. The molecule has 0 unspecified atom stereocenters. The highest BCUT2D eigenvalue weighted by molar-refractivity contribution is 5.99. The number of carbonyl (C=O) groups is 2. The van der Waals surface area contributed by atoms with Crippen molar-refractivity contribution < 1.29 is 14.3 Å². The third-order valence-corrected chi connectivity index (χ3v) is 4.86. The summed E-state index contributed by atoms with van der Waals surface area (Å²) < 4.78 is 5.57. The van der Waals surface area contributed by atoms with Crippen LogP contribution in [0.5, 0.6) is 5.75 Å². The van der Waals surface area contributed by atoms with Gasteiger partial charge in [0.2, 0.25) is 5.91 Å². The van der Waals surface area contributed by atoms with Crippen LogP contribution in [0.25, 0.3) is 0 Å². The van der Waals surface area contributed by atoms with E-state index >= 15 is 0 Å². The Morgan fingerprint density at radius 1 is 0.931 bits per heavy atom. The predicted octanol–water partition coefficient (Wildman–Crippen LogP) is 3.84. The van der Waals surface area contributed by atoms with Crippen LogP contribution < -0.4 is 15.0 Å². The molecule has 0 atom stereocenters. The van der Waals surface area contributed by atoms with E-state index in [9.17, 15) is 9.59 Å². The molecule has 0 fully saturated rings. The molecule has 5 heteroatoms. The molecule has 0 saturated carbocycles. The quantitative estimate of drug-likeness (QED) is 0.700. The number of carbonyl (C=O) groups excluding carboxylic acids is 2. The highest BCUT2D eigenvalue weighted by Gasteiger charge is 2.25. The lowest BCUT2D eigenvalue weighted by Crippen LogP contribution is -2.40. The third-order valence-electron chi connectivity index (χ3n) is 4.86. The van der Waals surface area contributed by atoms with Gasteiger partial charge in [-0.3, -0.25) is 9.59 Å². The van der Waals surface area contributed by atoms with E-state index < -0.39 is 0 Å². The van der Waals surface area contributed by atoms with Crippen LogP contribution in [0.15, 0.2) is 78.9 Å². The Balaban J connectivity index is 1.48. The molecule has 0 saturated heterocycles. The molecule has 0 bridgehead atoms. The average Bonchev–Trinajstić information content (AvgIpc) is 2.74. The Morgan fingerprint density at radius 2 is 1.62 bits per heavy atom. The fourth-order valence-corrected chi connectivity index (χ4v) is 3.40. The van der Waals surface area contributed by atoms with Crippen molar-refractivity contribution in [2.24, 2.45) is 0 Å². The summed E-state index contributed by atoms with van der Waals surface area (Å²) >= 11 is 0. The van der Waals surface area contributed by atoms with Crippen LogP contribution in [0.3, 0.4) is 0 Å². The van der Waals surface area contributed by atoms with E-state index in [1.54, 1.807) is 23.1 Å². The standard InChI is InChI=1S/C24H22N2O3/c27-23(15-19-9-5-2-6-10-19)25-20-11-12-22-21(16-20)26(24(28)17-29-22)14-13-18-7-3-1-4-8-18/h1-12,16H,13-15,17H2,(H,25,27). The Kier molecular flexibility index (Phi) is 5.56. The summed E-state index contributed by atoms with van der Waals surface area (Å²) in [4.78, 5) is 26.6. The van der Waals surface area contributed by atoms with Gasteiger partial charge in [0.1, 0.15) is 5.75 Å². The summed E-state index contributed by atoms with van der Waals surface area (Å²) in [5, 5.41) is 2.92. The number of hydrogen-bond donors (Lipinski definition) is 1. The van der Waals surface area contributed by atoms with Crippen molar-refractivity contribution in [1.29, 1.82) is 0 Å². The SMILES string of the molecule is O=C(Cc1ccccc1)Nc1ccc2c(c1)N(CCc1ccccc1)C(=O)CO2. The predicted molar refractivity (Wildman–Crippen MR) is 113 cm³/mol. The molecule has 0 aliphatic carbocycles. The van der Waals surface area contributed by atoms with Crippen molar-refractivity contribution in [3.63, 3.8) is 0 Å². The lowest BCUT2D eigenvalue weighted by molar-refractivity contribution is -0.121. The summed E-state index contributed by atoms with van der Waals surface area (Å²) in [5.74, 6) is 0.468. The first-order valence-corrected chi connectivity index (χ1v) is 9.64. The van der Waals surface area contributed by atoms with Gasteiger partial charge in [-0.15, -0.1) is 0 Å². The summed E-state index contributed by atoms with van der Waals surface area (Å²) in [6, 6.07) is 25.0. The van der Waals surface area contributed by atoms with E-state index in [-0.39, 0.29) is 18.4 Å². The van der Waals surface area contributed by atoms with Gasteiger partial charge in [0, 0.05) is 12.2 Å². The van der Waals surface area contributed by atoms with Gasteiger partial charge in [-0.05, 0) is 35.7 Å². The zero-order chi connectivity index (χ0) is 20.1.